The van der Waals surface area contributed by atoms with Crippen molar-refractivity contribution in [2.75, 3.05) is 54.0 Å². The molecule has 0 atom stereocenters. The molecular weight excluding hydrogens is 1210 g/mol. The van der Waals surface area contributed by atoms with Crippen LogP contribution in [0.25, 0.3) is 102 Å². The van der Waals surface area contributed by atoms with Crippen LogP contribution in [0.5, 0.6) is 0 Å². The van der Waals surface area contributed by atoms with Crippen LogP contribution in [0.1, 0.15) is 119 Å². The third kappa shape index (κ3) is 20.8. The first-order valence-electron chi connectivity index (χ1n) is 36.1. The Labute approximate surface area is 589 Å². The molecule has 11 nitrogen and oxygen atoms in total. The third-order valence-corrected chi connectivity index (χ3v) is 17.8. The summed E-state index contributed by atoms with van der Waals surface area (Å²) in [5, 5.41) is 0. The van der Waals surface area contributed by atoms with Gasteiger partial charge in [0, 0.05) is 92.9 Å². The van der Waals surface area contributed by atoms with Crippen LogP contribution in [0.4, 0.5) is 17.1 Å². The molecule has 11 heteroatoms. The van der Waals surface area contributed by atoms with E-state index in [0.717, 1.165) is 124 Å². The number of benzene rings is 4. The summed E-state index contributed by atoms with van der Waals surface area (Å²) in [7, 11) is 0. The Balaban J connectivity index is 0.000000162. The molecule has 99 heavy (non-hydrogen) atoms. The van der Waals surface area contributed by atoms with E-state index in [1.165, 1.54) is 111 Å². The van der Waals surface area contributed by atoms with Gasteiger partial charge in [0.1, 0.15) is 0 Å². The second-order valence-electron chi connectivity index (χ2n) is 24.9. The largest absolute Gasteiger partial charge is 0.372 e. The van der Waals surface area contributed by atoms with E-state index in [1.807, 2.05) is 103 Å². The Morgan fingerprint density at radius 3 is 0.768 bits per heavy atom. The standard InChI is InChI=1S/C34H41N3.C29H32N4.C25H24N4/c1-3-5-7-14-24-37(25-15-8-6-4-2)31-21-19-28(20-22-31)30-26-33(29-16-10-9-11-17-29)36-34(27-30)32-18-12-13-23-35-32;1-3-5-19-33(20-6-4-2)25-15-13-23(14-16-25)24-21-28(26-11-7-9-17-30-26)32-29(22-24)27-12-8-10-18-31-27;1-3-29(4-2)21-13-11-19(12-14-21)20-17-24(22-9-5-7-15-26-22)28-25(18-20)23-10-6-8-16-27-23/h9-13,16-23,26-27H,3-8,14-15,24-25H2,1-2H3;7-18,21-22H,3-6,19-20H2,1-2H3;5-18H,3-4H2,1-2H3. The van der Waals surface area contributed by atoms with Gasteiger partial charge in [0.2, 0.25) is 0 Å². The van der Waals surface area contributed by atoms with Gasteiger partial charge < -0.3 is 14.7 Å². The fourth-order valence-electron chi connectivity index (χ4n) is 12.2. The van der Waals surface area contributed by atoms with Crippen LogP contribution >= 0.6 is 0 Å². The first kappa shape index (κ1) is 71.3. The molecule has 0 fully saturated rings. The van der Waals surface area contributed by atoms with Crippen molar-refractivity contribution in [3.8, 4) is 102 Å². The average Bonchev–Trinajstić information content (AvgIpc) is 0.829. The summed E-state index contributed by atoms with van der Waals surface area (Å²) < 4.78 is 0. The summed E-state index contributed by atoms with van der Waals surface area (Å²) >= 11 is 0. The first-order valence-corrected chi connectivity index (χ1v) is 36.1. The average molecular weight is 1310 g/mol. The number of anilines is 3. The zero-order valence-electron chi connectivity index (χ0n) is 59.0. The lowest BCUT2D eigenvalue weighted by molar-refractivity contribution is 0.609. The van der Waals surface area contributed by atoms with Crippen LogP contribution in [0.3, 0.4) is 0 Å². The lowest BCUT2D eigenvalue weighted by atomic mass is 10.0. The Hall–Kier alpha value is -10.5. The Morgan fingerprint density at radius 1 is 0.212 bits per heavy atom. The van der Waals surface area contributed by atoms with Crippen molar-refractivity contribution in [3.63, 3.8) is 0 Å². The van der Waals surface area contributed by atoms with E-state index >= 15 is 0 Å². The van der Waals surface area contributed by atoms with Crippen LogP contribution in [0.2, 0.25) is 0 Å². The smallest absolute Gasteiger partial charge is 0.0900 e. The Kier molecular flexibility index (Phi) is 27.7. The highest BCUT2D eigenvalue weighted by Gasteiger charge is 2.16. The molecule has 0 radical (unpaired) electrons. The molecule has 4 aromatic carbocycles. The van der Waals surface area contributed by atoms with Crippen LogP contribution in [0.15, 0.2) is 262 Å². The predicted octanol–water partition coefficient (Wildman–Crippen LogP) is 22.4. The Bertz CT molecular complexity index is 4060. The zero-order chi connectivity index (χ0) is 68.6. The number of hydrogen-bond donors (Lipinski definition) is 0. The maximum absolute atomic E-state index is 4.97. The highest BCUT2D eigenvalue weighted by molar-refractivity contribution is 5.79. The van der Waals surface area contributed by atoms with Crippen LogP contribution in [-0.2, 0) is 0 Å². The summed E-state index contributed by atoms with van der Waals surface area (Å²) in [6.07, 6.45) is 24.3. The summed E-state index contributed by atoms with van der Waals surface area (Å²) in [6.45, 7) is 19.9. The van der Waals surface area contributed by atoms with Gasteiger partial charge in [-0.3, -0.25) is 24.9 Å². The molecule has 0 N–H and O–H groups in total. The molecule has 0 amide bonds. The lowest BCUT2D eigenvalue weighted by Gasteiger charge is -2.25. The first-order chi connectivity index (χ1) is 48.8. The van der Waals surface area contributed by atoms with Crippen molar-refractivity contribution in [3.05, 3.63) is 262 Å². The number of unbranched alkanes of at least 4 members (excludes halogenated alkanes) is 8. The van der Waals surface area contributed by atoms with Gasteiger partial charge >= 0.3 is 0 Å². The molecule has 8 aromatic heterocycles. The SMILES string of the molecule is CCCCCCN(CCCCCC)c1ccc(-c2cc(-c3ccccc3)nc(-c3ccccn3)c2)cc1.CCCCN(CCCC)c1ccc(-c2cc(-c3ccccn3)nc(-c3ccccn3)c2)cc1.CCN(CC)c1ccc(-c2cc(-c3ccccn3)nc(-c3ccccn3)c2)cc1. The topological polar surface area (TPSA) is 113 Å². The number of rotatable bonds is 30. The van der Waals surface area contributed by atoms with Gasteiger partial charge in [0.15, 0.2) is 0 Å². The van der Waals surface area contributed by atoms with E-state index in [4.69, 9.17) is 15.0 Å². The van der Waals surface area contributed by atoms with Crippen molar-refractivity contribution in [2.45, 2.75) is 119 Å². The molecule has 8 heterocycles. The molecule has 0 bridgehead atoms. The van der Waals surface area contributed by atoms with E-state index < -0.39 is 0 Å². The maximum atomic E-state index is 4.97. The van der Waals surface area contributed by atoms with E-state index in [-0.39, 0.29) is 0 Å². The minimum atomic E-state index is 0.844. The van der Waals surface area contributed by atoms with Crippen molar-refractivity contribution >= 4 is 17.1 Å². The second-order valence-corrected chi connectivity index (χ2v) is 24.9. The molecule has 504 valence electrons. The van der Waals surface area contributed by atoms with Crippen molar-refractivity contribution in [1.82, 2.24) is 39.9 Å². The van der Waals surface area contributed by atoms with E-state index in [1.54, 1.807) is 24.8 Å². The van der Waals surface area contributed by atoms with Gasteiger partial charge in [0.25, 0.3) is 0 Å². The minimum absolute atomic E-state index is 0.844. The van der Waals surface area contributed by atoms with Crippen LogP contribution < -0.4 is 14.7 Å². The van der Waals surface area contributed by atoms with Crippen molar-refractivity contribution in [2.24, 2.45) is 0 Å². The summed E-state index contributed by atoms with van der Waals surface area (Å²) in [5.41, 5.74) is 21.5. The quantitative estimate of drug-likeness (QED) is 0.0401. The van der Waals surface area contributed by atoms with Crippen LogP contribution in [0, 0.1) is 0 Å². The lowest BCUT2D eigenvalue weighted by Crippen LogP contribution is -2.25. The second kappa shape index (κ2) is 38.4. The summed E-state index contributed by atoms with van der Waals surface area (Å²) in [5.74, 6) is 0. The third-order valence-electron chi connectivity index (χ3n) is 17.8. The fraction of sp³-hybridized carbons (Fsp3) is 0.273. The molecule has 12 rings (SSSR count). The van der Waals surface area contributed by atoms with Gasteiger partial charge in [-0.15, -0.1) is 0 Å². The van der Waals surface area contributed by atoms with Crippen LogP contribution in [-0.4, -0.2) is 79.1 Å². The van der Waals surface area contributed by atoms with E-state index in [0.29, 0.717) is 0 Å². The van der Waals surface area contributed by atoms with Gasteiger partial charge in [-0.25, -0.2) is 15.0 Å². The number of hydrogen-bond acceptors (Lipinski definition) is 11. The zero-order valence-corrected chi connectivity index (χ0v) is 59.0. The van der Waals surface area contributed by atoms with Gasteiger partial charge in [-0.2, -0.15) is 0 Å². The number of nitrogens with zero attached hydrogens (tertiary/aromatic N) is 11. The predicted molar refractivity (Wildman–Crippen MR) is 417 cm³/mol. The molecule has 0 aliphatic rings. The fourth-order valence-corrected chi connectivity index (χ4v) is 12.2. The summed E-state index contributed by atoms with van der Waals surface area (Å²) in [4.78, 5) is 44.7. The normalized spacial score (nSPS) is 10.8. The maximum Gasteiger partial charge on any atom is 0.0900 e. The van der Waals surface area contributed by atoms with E-state index in [9.17, 15) is 0 Å². The van der Waals surface area contributed by atoms with Crippen molar-refractivity contribution < 1.29 is 0 Å². The van der Waals surface area contributed by atoms with Gasteiger partial charge in [-0.05, 0) is 206 Å². The number of aromatic nitrogens is 8. The molecule has 12 aromatic rings. The minimum Gasteiger partial charge on any atom is -0.372 e. The molecule has 0 saturated carbocycles. The molecule has 0 aliphatic heterocycles. The highest BCUT2D eigenvalue weighted by Crippen LogP contribution is 2.35. The summed E-state index contributed by atoms with van der Waals surface area (Å²) in [6, 6.07) is 79.6. The molecule has 0 spiro atoms. The van der Waals surface area contributed by atoms with Gasteiger partial charge in [-0.1, -0.05) is 176 Å². The highest BCUT2D eigenvalue weighted by atomic mass is 15.1. The molecule has 0 unspecified atom stereocenters. The molecule has 0 saturated heterocycles. The van der Waals surface area contributed by atoms with Crippen molar-refractivity contribution in [1.29, 1.82) is 0 Å². The monoisotopic (exact) mass is 1310 g/mol. The molecule has 0 aliphatic carbocycles. The number of pyridine rings is 8. The van der Waals surface area contributed by atoms with E-state index in [2.05, 4.69) is 215 Å². The molecular formula is C88H97N11. The van der Waals surface area contributed by atoms with Gasteiger partial charge in [0.05, 0.1) is 62.6 Å². The Morgan fingerprint density at radius 2 is 0.485 bits per heavy atom.